The number of methoxy groups -OCH3 is 2. The fraction of sp³-hybridized carbons (Fsp3) is 0.533. The minimum atomic E-state index is -0.547. The van der Waals surface area contributed by atoms with E-state index in [4.69, 9.17) is 9.47 Å². The molecule has 1 aromatic rings. The second-order valence-electron chi connectivity index (χ2n) is 5.05. The second-order valence-corrected chi connectivity index (χ2v) is 5.05. The van der Waals surface area contributed by atoms with Crippen LogP contribution in [0, 0.1) is 5.41 Å². The molecule has 0 bridgehead atoms. The van der Waals surface area contributed by atoms with Crippen LogP contribution in [0.2, 0.25) is 0 Å². The van der Waals surface area contributed by atoms with Gasteiger partial charge in [0.1, 0.15) is 5.75 Å². The number of aryl methyl sites for hydroxylation is 1. The van der Waals surface area contributed by atoms with Crippen molar-refractivity contribution in [2.24, 2.45) is 5.41 Å². The molecular formula is C15H22O3. The predicted octanol–water partition coefficient (Wildman–Crippen LogP) is 3.00. The first kappa shape index (κ1) is 14.6. The zero-order valence-electron chi connectivity index (χ0n) is 11.9. The van der Waals surface area contributed by atoms with Gasteiger partial charge in [-0.3, -0.25) is 4.79 Å². The van der Waals surface area contributed by atoms with Gasteiger partial charge in [-0.15, -0.1) is 0 Å². The summed E-state index contributed by atoms with van der Waals surface area (Å²) in [6.45, 7) is 5.88. The van der Waals surface area contributed by atoms with Crippen molar-refractivity contribution in [1.29, 1.82) is 0 Å². The minimum Gasteiger partial charge on any atom is -0.496 e. The molecule has 0 saturated carbocycles. The maximum Gasteiger partial charge on any atom is 0.311 e. The monoisotopic (exact) mass is 250 g/mol. The molecule has 1 aromatic carbocycles. The van der Waals surface area contributed by atoms with Gasteiger partial charge in [-0.25, -0.2) is 0 Å². The van der Waals surface area contributed by atoms with Gasteiger partial charge in [0.05, 0.1) is 19.6 Å². The van der Waals surface area contributed by atoms with E-state index in [1.54, 1.807) is 7.11 Å². The van der Waals surface area contributed by atoms with Crippen molar-refractivity contribution in [1.82, 2.24) is 0 Å². The highest BCUT2D eigenvalue weighted by atomic mass is 16.5. The van der Waals surface area contributed by atoms with Crippen molar-refractivity contribution in [3.63, 3.8) is 0 Å². The van der Waals surface area contributed by atoms with Gasteiger partial charge >= 0.3 is 5.97 Å². The molecule has 3 nitrogen and oxygen atoms in total. The Morgan fingerprint density at radius 2 is 1.94 bits per heavy atom. The molecule has 0 aliphatic rings. The maximum absolute atomic E-state index is 11.7. The van der Waals surface area contributed by atoms with E-state index < -0.39 is 5.41 Å². The third-order valence-electron chi connectivity index (χ3n) is 3.12. The molecule has 1 rings (SSSR count). The van der Waals surface area contributed by atoms with Crippen LogP contribution in [0.3, 0.4) is 0 Å². The second kappa shape index (κ2) is 5.89. The molecule has 0 spiro atoms. The number of hydrogen-bond donors (Lipinski definition) is 0. The summed E-state index contributed by atoms with van der Waals surface area (Å²) < 4.78 is 10.2. The lowest BCUT2D eigenvalue weighted by atomic mass is 9.85. The summed E-state index contributed by atoms with van der Waals surface area (Å²) in [6.07, 6.45) is 1.58. The van der Waals surface area contributed by atoms with Crippen LogP contribution in [0.4, 0.5) is 0 Å². The van der Waals surface area contributed by atoms with Crippen molar-refractivity contribution >= 4 is 5.97 Å². The summed E-state index contributed by atoms with van der Waals surface area (Å²) in [5.41, 5.74) is 1.74. The zero-order chi connectivity index (χ0) is 13.8. The lowest BCUT2D eigenvalue weighted by Gasteiger charge is -2.23. The van der Waals surface area contributed by atoms with Gasteiger partial charge < -0.3 is 9.47 Å². The van der Waals surface area contributed by atoms with E-state index in [1.165, 1.54) is 12.7 Å². The van der Waals surface area contributed by atoms with E-state index in [0.717, 1.165) is 17.7 Å². The molecule has 0 aliphatic carbocycles. The van der Waals surface area contributed by atoms with Gasteiger partial charge in [-0.1, -0.05) is 19.1 Å². The number of carbonyl (C=O) groups is 1. The normalized spacial score (nSPS) is 11.2. The third kappa shape index (κ3) is 3.25. The van der Waals surface area contributed by atoms with Crippen LogP contribution in [0.15, 0.2) is 18.2 Å². The summed E-state index contributed by atoms with van der Waals surface area (Å²) in [5, 5.41) is 0. The Hall–Kier alpha value is -1.51. The van der Waals surface area contributed by atoms with E-state index in [0.29, 0.717) is 6.42 Å². The Morgan fingerprint density at radius 3 is 2.44 bits per heavy atom. The third-order valence-corrected chi connectivity index (χ3v) is 3.12. The number of benzene rings is 1. The standard InChI is InChI=1S/C15H22O3/c1-6-11-7-8-13(17-4)12(9-11)10-15(2,3)14(16)18-5/h7-9H,6,10H2,1-5H3. The van der Waals surface area contributed by atoms with Crippen LogP contribution < -0.4 is 4.74 Å². The van der Waals surface area contributed by atoms with Crippen molar-refractivity contribution in [2.45, 2.75) is 33.6 Å². The summed E-state index contributed by atoms with van der Waals surface area (Å²) in [4.78, 5) is 11.7. The van der Waals surface area contributed by atoms with Gasteiger partial charge in [0, 0.05) is 0 Å². The van der Waals surface area contributed by atoms with Crippen molar-refractivity contribution in [2.75, 3.05) is 14.2 Å². The Morgan fingerprint density at radius 1 is 1.28 bits per heavy atom. The zero-order valence-corrected chi connectivity index (χ0v) is 11.9. The van der Waals surface area contributed by atoms with Crippen LogP contribution in [0.5, 0.6) is 5.75 Å². The summed E-state index contributed by atoms with van der Waals surface area (Å²) in [7, 11) is 3.07. The Bertz CT molecular complexity index is 422. The first-order valence-electron chi connectivity index (χ1n) is 6.18. The van der Waals surface area contributed by atoms with Crippen molar-refractivity contribution in [3.8, 4) is 5.75 Å². The molecule has 0 N–H and O–H groups in total. The van der Waals surface area contributed by atoms with E-state index >= 15 is 0 Å². The highest BCUT2D eigenvalue weighted by Gasteiger charge is 2.30. The largest absolute Gasteiger partial charge is 0.496 e. The van der Waals surface area contributed by atoms with Crippen LogP contribution in [-0.2, 0) is 22.4 Å². The van der Waals surface area contributed by atoms with Gasteiger partial charge in [-0.05, 0) is 43.9 Å². The van der Waals surface area contributed by atoms with Crippen LogP contribution in [0.25, 0.3) is 0 Å². The predicted molar refractivity (Wildman–Crippen MR) is 71.9 cm³/mol. The fourth-order valence-corrected chi connectivity index (χ4v) is 2.01. The van der Waals surface area contributed by atoms with Gasteiger partial charge in [0.15, 0.2) is 0 Å². The lowest BCUT2D eigenvalue weighted by molar-refractivity contribution is -0.150. The number of carbonyl (C=O) groups excluding carboxylic acids is 1. The molecule has 0 aromatic heterocycles. The molecule has 0 radical (unpaired) electrons. The lowest BCUT2D eigenvalue weighted by Crippen LogP contribution is -2.28. The average Bonchev–Trinajstić information content (AvgIpc) is 2.37. The van der Waals surface area contributed by atoms with E-state index in [-0.39, 0.29) is 5.97 Å². The molecule has 0 aliphatic heterocycles. The Kier molecular flexibility index (Phi) is 4.76. The van der Waals surface area contributed by atoms with Gasteiger partial charge in [0.25, 0.3) is 0 Å². The molecule has 0 saturated heterocycles. The van der Waals surface area contributed by atoms with Gasteiger partial charge in [0.2, 0.25) is 0 Å². The molecule has 0 amide bonds. The summed E-state index contributed by atoms with van der Waals surface area (Å²) in [5.74, 6) is 0.621. The maximum atomic E-state index is 11.7. The number of ether oxygens (including phenoxy) is 2. The molecule has 3 heteroatoms. The van der Waals surface area contributed by atoms with Crippen molar-refractivity contribution in [3.05, 3.63) is 29.3 Å². The van der Waals surface area contributed by atoms with E-state index in [2.05, 4.69) is 13.0 Å². The molecule has 18 heavy (non-hydrogen) atoms. The Labute approximate surface area is 109 Å². The average molecular weight is 250 g/mol. The van der Waals surface area contributed by atoms with Crippen LogP contribution in [0.1, 0.15) is 31.9 Å². The van der Waals surface area contributed by atoms with E-state index in [1.807, 2.05) is 26.0 Å². The number of rotatable bonds is 5. The highest BCUT2D eigenvalue weighted by Crippen LogP contribution is 2.29. The van der Waals surface area contributed by atoms with Crippen LogP contribution in [-0.4, -0.2) is 20.2 Å². The molecule has 0 fully saturated rings. The SMILES string of the molecule is CCc1ccc(OC)c(CC(C)(C)C(=O)OC)c1. The Balaban J connectivity index is 3.05. The summed E-state index contributed by atoms with van der Waals surface area (Å²) >= 11 is 0. The summed E-state index contributed by atoms with van der Waals surface area (Å²) in [6, 6.07) is 6.11. The van der Waals surface area contributed by atoms with Crippen LogP contribution >= 0.6 is 0 Å². The molecule has 100 valence electrons. The number of hydrogen-bond acceptors (Lipinski definition) is 3. The first-order valence-corrected chi connectivity index (χ1v) is 6.18. The molecule has 0 heterocycles. The first-order chi connectivity index (χ1) is 8.44. The smallest absolute Gasteiger partial charge is 0.311 e. The number of esters is 1. The topological polar surface area (TPSA) is 35.5 Å². The van der Waals surface area contributed by atoms with E-state index in [9.17, 15) is 4.79 Å². The van der Waals surface area contributed by atoms with Crippen molar-refractivity contribution < 1.29 is 14.3 Å². The minimum absolute atomic E-state index is 0.202. The molecule has 0 unspecified atom stereocenters. The highest BCUT2D eigenvalue weighted by molar-refractivity contribution is 5.76. The molecular weight excluding hydrogens is 228 g/mol. The fourth-order valence-electron chi connectivity index (χ4n) is 2.01. The van der Waals surface area contributed by atoms with Gasteiger partial charge in [-0.2, -0.15) is 0 Å². The molecule has 0 atom stereocenters. The quantitative estimate of drug-likeness (QED) is 0.754.